The van der Waals surface area contributed by atoms with Crippen LogP contribution in [0.2, 0.25) is 0 Å². The third kappa shape index (κ3) is 4.07. The van der Waals surface area contributed by atoms with Gasteiger partial charge in [-0.15, -0.1) is 11.3 Å². The Morgan fingerprint density at radius 2 is 1.93 bits per heavy atom. The van der Waals surface area contributed by atoms with Crippen LogP contribution in [0.5, 0.6) is 5.75 Å². The maximum absolute atomic E-state index is 13.0. The molecule has 0 saturated heterocycles. The van der Waals surface area contributed by atoms with E-state index in [1.165, 1.54) is 55.8 Å². The largest absolute Gasteiger partial charge is 0.495 e. The van der Waals surface area contributed by atoms with E-state index in [9.17, 15) is 17.6 Å². The molecule has 0 unspecified atom stereocenters. The summed E-state index contributed by atoms with van der Waals surface area (Å²) in [7, 11) is -2.59. The molecule has 140 valence electrons. The number of rotatable bonds is 6. The van der Waals surface area contributed by atoms with Gasteiger partial charge in [-0.05, 0) is 42.5 Å². The summed E-state index contributed by atoms with van der Waals surface area (Å²) in [4.78, 5) is 15.3. The topological polar surface area (TPSA) is 111 Å². The zero-order chi connectivity index (χ0) is 19.6. The highest BCUT2D eigenvalue weighted by atomic mass is 32.2. The van der Waals surface area contributed by atoms with E-state index in [2.05, 4.69) is 9.71 Å². The van der Waals surface area contributed by atoms with Crippen molar-refractivity contribution in [2.75, 3.05) is 11.8 Å². The van der Waals surface area contributed by atoms with Gasteiger partial charge in [0, 0.05) is 11.1 Å². The summed E-state index contributed by atoms with van der Waals surface area (Å²) in [5, 5.41) is 0.436. The molecule has 3 N–H and O–H groups in total. The summed E-state index contributed by atoms with van der Waals surface area (Å²) in [6.07, 6.45) is 1.22. The van der Waals surface area contributed by atoms with Gasteiger partial charge in [0.15, 0.2) is 4.21 Å². The van der Waals surface area contributed by atoms with Gasteiger partial charge in [-0.2, -0.15) is 0 Å². The lowest BCUT2D eigenvalue weighted by Crippen LogP contribution is -2.14. The lowest BCUT2D eigenvalue weighted by atomic mass is 10.2. The van der Waals surface area contributed by atoms with Gasteiger partial charge in [0.2, 0.25) is 5.91 Å². The molecule has 7 nitrogen and oxygen atoms in total. The van der Waals surface area contributed by atoms with Gasteiger partial charge in [-0.3, -0.25) is 9.52 Å². The fourth-order valence-corrected chi connectivity index (χ4v) is 4.44. The number of ether oxygens (including phenoxy) is 1. The molecule has 0 aliphatic rings. The van der Waals surface area contributed by atoms with E-state index in [1.807, 2.05) is 0 Å². The molecule has 1 aromatic heterocycles. The molecule has 0 atom stereocenters. The molecule has 0 bridgehead atoms. The third-order valence-corrected chi connectivity index (χ3v) is 6.44. The molecule has 1 heterocycles. The standard InChI is InChI=1S/C17H14FN3O4S2/c1-25-14-8-11(16(19)22)4-7-13(14)21-27(23,24)15-9-20-17(26-15)10-2-5-12(18)6-3-10/h2-9,21H,1H3,(H2,19,22). The molecule has 0 saturated carbocycles. The minimum absolute atomic E-state index is 0.0251. The predicted octanol–water partition coefficient (Wildman–Crippen LogP) is 2.86. The van der Waals surface area contributed by atoms with Gasteiger partial charge in [0.1, 0.15) is 16.6 Å². The molecular formula is C17H14FN3O4S2. The highest BCUT2D eigenvalue weighted by Gasteiger charge is 2.21. The maximum Gasteiger partial charge on any atom is 0.273 e. The first-order chi connectivity index (χ1) is 12.8. The number of aromatic nitrogens is 1. The van der Waals surface area contributed by atoms with E-state index < -0.39 is 21.7 Å². The van der Waals surface area contributed by atoms with E-state index in [4.69, 9.17) is 10.5 Å². The zero-order valence-electron chi connectivity index (χ0n) is 14.0. The van der Waals surface area contributed by atoms with Crippen LogP contribution in [-0.2, 0) is 10.0 Å². The number of hydrogen-bond acceptors (Lipinski definition) is 6. The van der Waals surface area contributed by atoms with Crippen molar-refractivity contribution < 1.29 is 22.3 Å². The molecule has 0 aliphatic heterocycles. The van der Waals surface area contributed by atoms with Crippen LogP contribution in [0.3, 0.4) is 0 Å². The highest BCUT2D eigenvalue weighted by molar-refractivity contribution is 7.94. The number of anilines is 1. The van der Waals surface area contributed by atoms with Gasteiger partial charge in [-0.25, -0.2) is 17.8 Å². The van der Waals surface area contributed by atoms with Crippen LogP contribution in [-0.4, -0.2) is 26.4 Å². The molecule has 0 radical (unpaired) electrons. The van der Waals surface area contributed by atoms with Crippen LogP contribution in [0.1, 0.15) is 10.4 Å². The second-order valence-corrected chi connectivity index (χ2v) is 8.32. The number of amides is 1. The number of nitrogens with two attached hydrogens (primary N) is 1. The number of benzene rings is 2. The molecule has 2 aromatic carbocycles. The number of nitrogens with one attached hydrogen (secondary N) is 1. The summed E-state index contributed by atoms with van der Waals surface area (Å²) in [6.45, 7) is 0. The van der Waals surface area contributed by atoms with Crippen LogP contribution in [0, 0.1) is 5.82 Å². The van der Waals surface area contributed by atoms with Gasteiger partial charge in [0.25, 0.3) is 10.0 Å². The first-order valence-corrected chi connectivity index (χ1v) is 9.82. The highest BCUT2D eigenvalue weighted by Crippen LogP contribution is 2.32. The van der Waals surface area contributed by atoms with Crippen molar-refractivity contribution in [3.05, 3.63) is 60.0 Å². The number of nitrogens with zero attached hydrogens (tertiary/aromatic N) is 1. The van der Waals surface area contributed by atoms with Crippen LogP contribution < -0.4 is 15.2 Å². The second-order valence-electron chi connectivity index (χ2n) is 5.38. The Morgan fingerprint density at radius 1 is 1.22 bits per heavy atom. The molecule has 1 amide bonds. The Hall–Kier alpha value is -2.98. The van der Waals surface area contributed by atoms with Crippen molar-refractivity contribution in [3.8, 4) is 16.3 Å². The van der Waals surface area contributed by atoms with Crippen LogP contribution >= 0.6 is 11.3 Å². The van der Waals surface area contributed by atoms with Crippen molar-refractivity contribution >= 4 is 33.0 Å². The molecule has 3 rings (SSSR count). The molecule has 3 aromatic rings. The van der Waals surface area contributed by atoms with Crippen molar-refractivity contribution in [3.63, 3.8) is 0 Å². The molecule has 27 heavy (non-hydrogen) atoms. The number of primary amides is 1. The SMILES string of the molecule is COc1cc(C(N)=O)ccc1NS(=O)(=O)c1cnc(-c2ccc(F)cc2)s1. The number of thiazole rings is 1. The van der Waals surface area contributed by atoms with Gasteiger partial charge in [-0.1, -0.05) is 0 Å². The summed E-state index contributed by atoms with van der Waals surface area (Å²) in [5.41, 5.74) is 6.15. The van der Waals surface area contributed by atoms with Crippen molar-refractivity contribution in [2.45, 2.75) is 4.21 Å². The Balaban J connectivity index is 1.89. The van der Waals surface area contributed by atoms with E-state index in [-0.39, 0.29) is 21.2 Å². The molecule has 10 heteroatoms. The number of methoxy groups -OCH3 is 1. The second kappa shape index (κ2) is 7.33. The Labute approximate surface area is 158 Å². The van der Waals surface area contributed by atoms with E-state index in [0.29, 0.717) is 10.6 Å². The van der Waals surface area contributed by atoms with E-state index in [1.54, 1.807) is 0 Å². The minimum atomic E-state index is -3.94. The summed E-state index contributed by atoms with van der Waals surface area (Å²) in [6, 6.07) is 9.70. The summed E-state index contributed by atoms with van der Waals surface area (Å²) >= 11 is 0.941. The lowest BCUT2D eigenvalue weighted by molar-refractivity contribution is 0.1000. The van der Waals surface area contributed by atoms with Crippen LogP contribution in [0.4, 0.5) is 10.1 Å². The number of carbonyl (C=O) groups excluding carboxylic acids is 1. The minimum Gasteiger partial charge on any atom is -0.495 e. The Kier molecular flexibility index (Phi) is 5.10. The zero-order valence-corrected chi connectivity index (χ0v) is 15.6. The number of sulfonamides is 1. The van der Waals surface area contributed by atoms with E-state index >= 15 is 0 Å². The molecule has 0 fully saturated rings. The smallest absolute Gasteiger partial charge is 0.273 e. The van der Waals surface area contributed by atoms with Crippen LogP contribution in [0.25, 0.3) is 10.6 Å². The average molecular weight is 407 g/mol. The van der Waals surface area contributed by atoms with Gasteiger partial charge in [0.05, 0.1) is 19.0 Å². The molecular weight excluding hydrogens is 393 g/mol. The predicted molar refractivity (Wildman–Crippen MR) is 99.8 cm³/mol. The summed E-state index contributed by atoms with van der Waals surface area (Å²) < 4.78 is 45.8. The van der Waals surface area contributed by atoms with Crippen molar-refractivity contribution in [1.82, 2.24) is 4.98 Å². The van der Waals surface area contributed by atoms with Crippen molar-refractivity contribution in [1.29, 1.82) is 0 Å². The number of halogens is 1. The first kappa shape index (κ1) is 18.8. The third-order valence-electron chi connectivity index (χ3n) is 3.57. The Morgan fingerprint density at radius 3 is 2.56 bits per heavy atom. The Bertz CT molecular complexity index is 1100. The van der Waals surface area contributed by atoms with Crippen molar-refractivity contribution in [2.24, 2.45) is 5.73 Å². The van der Waals surface area contributed by atoms with Gasteiger partial charge >= 0.3 is 0 Å². The summed E-state index contributed by atoms with van der Waals surface area (Å²) in [5.74, 6) is -0.899. The molecule has 0 aliphatic carbocycles. The first-order valence-electron chi connectivity index (χ1n) is 7.52. The fourth-order valence-electron chi connectivity index (χ4n) is 2.23. The number of hydrogen-bond donors (Lipinski definition) is 2. The lowest BCUT2D eigenvalue weighted by Gasteiger charge is -2.11. The fraction of sp³-hybridized carbons (Fsp3) is 0.0588. The normalized spacial score (nSPS) is 11.2. The quantitative estimate of drug-likeness (QED) is 0.653. The van der Waals surface area contributed by atoms with Crippen LogP contribution in [0.15, 0.2) is 52.9 Å². The molecule has 0 spiro atoms. The van der Waals surface area contributed by atoms with E-state index in [0.717, 1.165) is 11.3 Å². The monoisotopic (exact) mass is 407 g/mol. The number of carbonyl (C=O) groups is 1. The maximum atomic E-state index is 13.0. The van der Waals surface area contributed by atoms with Gasteiger partial charge < -0.3 is 10.5 Å². The average Bonchev–Trinajstić information content (AvgIpc) is 3.13.